The highest BCUT2D eigenvalue weighted by molar-refractivity contribution is 6.35. The molecule has 0 saturated carbocycles. The number of amides is 2. The first-order valence-corrected chi connectivity index (χ1v) is 6.19. The van der Waals surface area contributed by atoms with E-state index in [1.54, 1.807) is 24.3 Å². The molecule has 0 aliphatic carbocycles. The molecule has 0 N–H and O–H groups in total. The van der Waals surface area contributed by atoms with E-state index in [1.165, 1.54) is 6.20 Å². The molecule has 7 nitrogen and oxygen atoms in total. The number of carbonyl (C=O) groups is 2. The molecule has 0 atom stereocenters. The van der Waals surface area contributed by atoms with Gasteiger partial charge in [0.05, 0.1) is 6.20 Å². The second-order valence-corrected chi connectivity index (χ2v) is 4.54. The highest BCUT2D eigenvalue weighted by Crippen LogP contribution is 2.31. The summed E-state index contributed by atoms with van der Waals surface area (Å²) in [7, 11) is 0. The van der Waals surface area contributed by atoms with Crippen LogP contribution in [-0.2, 0) is 0 Å². The van der Waals surface area contributed by atoms with Crippen molar-refractivity contribution in [2.45, 2.75) is 0 Å². The minimum Gasteiger partial charge on any atom is -0.268 e. The Morgan fingerprint density at radius 3 is 2.10 bits per heavy atom. The van der Waals surface area contributed by atoms with Crippen LogP contribution < -0.4 is 4.90 Å². The normalized spacial score (nSPS) is 13.8. The molecular formula is C14H7N5O2. The summed E-state index contributed by atoms with van der Waals surface area (Å²) in [4.78, 5) is 26.2. The van der Waals surface area contributed by atoms with Crippen molar-refractivity contribution in [2.24, 2.45) is 0 Å². The fourth-order valence-electron chi connectivity index (χ4n) is 2.53. The highest BCUT2D eigenvalue weighted by Gasteiger charge is 2.34. The summed E-state index contributed by atoms with van der Waals surface area (Å²) in [5, 5.41) is 15.5. The minimum atomic E-state index is -0.438. The molecule has 2 amide bonds. The van der Waals surface area contributed by atoms with Crippen LogP contribution in [0.3, 0.4) is 0 Å². The van der Waals surface area contributed by atoms with E-state index in [-0.39, 0.29) is 5.82 Å². The Morgan fingerprint density at radius 1 is 0.857 bits per heavy atom. The topological polar surface area (TPSA) is 88.9 Å². The van der Waals surface area contributed by atoms with Gasteiger partial charge >= 0.3 is 0 Å². The van der Waals surface area contributed by atoms with Crippen molar-refractivity contribution in [3.05, 3.63) is 53.7 Å². The summed E-state index contributed by atoms with van der Waals surface area (Å²) in [6, 6.07) is 10.7. The lowest BCUT2D eigenvalue weighted by molar-refractivity contribution is 0.0892. The SMILES string of the molecule is O=C1c2cccc3cccc(c23)C(=O)N1c1cnnnn1. The van der Waals surface area contributed by atoms with Crippen LogP contribution >= 0.6 is 0 Å². The largest absolute Gasteiger partial charge is 0.268 e. The van der Waals surface area contributed by atoms with Gasteiger partial charge in [0, 0.05) is 16.5 Å². The lowest BCUT2D eigenvalue weighted by atomic mass is 9.94. The average molecular weight is 277 g/mol. The Bertz CT molecular complexity index is 844. The van der Waals surface area contributed by atoms with Gasteiger partial charge in [0.1, 0.15) is 0 Å². The van der Waals surface area contributed by atoms with Crippen LogP contribution in [0.25, 0.3) is 10.8 Å². The van der Waals surface area contributed by atoms with Gasteiger partial charge in [-0.3, -0.25) is 9.59 Å². The first-order valence-electron chi connectivity index (χ1n) is 6.19. The second-order valence-electron chi connectivity index (χ2n) is 4.54. The van der Waals surface area contributed by atoms with Crippen molar-refractivity contribution < 1.29 is 9.59 Å². The molecule has 100 valence electrons. The van der Waals surface area contributed by atoms with E-state index in [2.05, 4.69) is 20.6 Å². The van der Waals surface area contributed by atoms with Gasteiger partial charge in [-0.15, -0.1) is 10.2 Å². The van der Waals surface area contributed by atoms with Crippen LogP contribution in [-0.4, -0.2) is 32.4 Å². The van der Waals surface area contributed by atoms with Crippen LogP contribution in [0, 0.1) is 0 Å². The first-order chi connectivity index (χ1) is 10.3. The fourth-order valence-corrected chi connectivity index (χ4v) is 2.53. The van der Waals surface area contributed by atoms with Crippen molar-refractivity contribution in [3.8, 4) is 0 Å². The molecule has 21 heavy (non-hydrogen) atoms. The van der Waals surface area contributed by atoms with E-state index in [0.29, 0.717) is 16.5 Å². The average Bonchev–Trinajstić information content (AvgIpc) is 2.54. The maximum Gasteiger partial charge on any atom is 0.267 e. The van der Waals surface area contributed by atoms with E-state index in [0.717, 1.165) is 10.3 Å². The van der Waals surface area contributed by atoms with Crippen LogP contribution in [0.1, 0.15) is 20.7 Å². The molecule has 0 saturated heterocycles. The third-order valence-electron chi connectivity index (χ3n) is 3.41. The Hall–Kier alpha value is -3.22. The van der Waals surface area contributed by atoms with Gasteiger partial charge in [-0.2, -0.15) is 0 Å². The summed E-state index contributed by atoms with van der Waals surface area (Å²) in [6.07, 6.45) is 1.23. The van der Waals surface area contributed by atoms with Crippen LogP contribution in [0.5, 0.6) is 0 Å². The Balaban J connectivity index is 2.02. The second kappa shape index (κ2) is 4.14. The Morgan fingerprint density at radius 2 is 1.52 bits per heavy atom. The maximum atomic E-state index is 12.6. The van der Waals surface area contributed by atoms with Crippen molar-refractivity contribution >= 4 is 28.4 Å². The number of hydrogen-bond acceptors (Lipinski definition) is 6. The zero-order valence-corrected chi connectivity index (χ0v) is 10.6. The van der Waals surface area contributed by atoms with Gasteiger partial charge in [-0.05, 0) is 27.9 Å². The van der Waals surface area contributed by atoms with E-state index in [4.69, 9.17) is 0 Å². The highest BCUT2D eigenvalue weighted by atomic mass is 16.2. The van der Waals surface area contributed by atoms with Gasteiger partial charge in [0.2, 0.25) is 0 Å². The zero-order chi connectivity index (χ0) is 14.4. The van der Waals surface area contributed by atoms with E-state index < -0.39 is 11.8 Å². The van der Waals surface area contributed by atoms with E-state index in [1.807, 2.05) is 12.1 Å². The van der Waals surface area contributed by atoms with Gasteiger partial charge in [-0.25, -0.2) is 4.90 Å². The molecular weight excluding hydrogens is 270 g/mol. The summed E-state index contributed by atoms with van der Waals surface area (Å²) in [6.45, 7) is 0. The lowest BCUT2D eigenvalue weighted by Gasteiger charge is -2.25. The molecule has 2 aromatic carbocycles. The molecule has 3 aromatic rings. The van der Waals surface area contributed by atoms with Crippen molar-refractivity contribution in [1.82, 2.24) is 20.6 Å². The van der Waals surface area contributed by atoms with Crippen LogP contribution in [0.15, 0.2) is 42.6 Å². The number of carbonyl (C=O) groups excluding carboxylic acids is 2. The quantitative estimate of drug-likeness (QED) is 0.621. The summed E-state index contributed by atoms with van der Waals surface area (Å²) in [5.74, 6) is -0.815. The molecule has 7 heteroatoms. The molecule has 0 spiro atoms. The minimum absolute atomic E-state index is 0.0616. The molecule has 2 heterocycles. The number of nitrogens with zero attached hydrogens (tertiary/aromatic N) is 5. The number of rotatable bonds is 1. The van der Waals surface area contributed by atoms with Crippen LogP contribution in [0.4, 0.5) is 5.82 Å². The van der Waals surface area contributed by atoms with E-state index in [9.17, 15) is 9.59 Å². The monoisotopic (exact) mass is 277 g/mol. The molecule has 1 aliphatic rings. The van der Waals surface area contributed by atoms with Crippen LogP contribution in [0.2, 0.25) is 0 Å². The predicted octanol–water partition coefficient (Wildman–Crippen LogP) is 1.22. The van der Waals surface area contributed by atoms with Gasteiger partial charge in [0.25, 0.3) is 11.8 Å². The van der Waals surface area contributed by atoms with Crippen molar-refractivity contribution in [3.63, 3.8) is 0 Å². The number of aromatic nitrogens is 4. The lowest BCUT2D eigenvalue weighted by Crippen LogP contribution is -2.41. The summed E-state index contributed by atoms with van der Waals surface area (Å²) < 4.78 is 0. The number of imide groups is 1. The Labute approximate surface area is 118 Å². The molecule has 1 aliphatic heterocycles. The first kappa shape index (κ1) is 11.6. The smallest absolute Gasteiger partial charge is 0.267 e. The maximum absolute atomic E-state index is 12.6. The predicted molar refractivity (Wildman–Crippen MR) is 72.7 cm³/mol. The summed E-state index contributed by atoms with van der Waals surface area (Å²) in [5.41, 5.74) is 0.919. The number of benzene rings is 2. The van der Waals surface area contributed by atoms with Gasteiger partial charge < -0.3 is 0 Å². The molecule has 1 aromatic heterocycles. The fraction of sp³-hybridized carbons (Fsp3) is 0. The van der Waals surface area contributed by atoms with Crippen molar-refractivity contribution in [2.75, 3.05) is 4.90 Å². The third kappa shape index (κ3) is 1.54. The standard InChI is InChI=1S/C14H7N5O2/c20-13-9-5-1-3-8-4-2-6-10(12(8)9)14(21)19(13)11-7-15-17-18-16-11/h1-7H. The molecule has 0 fully saturated rings. The van der Waals surface area contributed by atoms with Gasteiger partial charge in [0.15, 0.2) is 5.82 Å². The zero-order valence-electron chi connectivity index (χ0n) is 10.6. The van der Waals surface area contributed by atoms with Crippen molar-refractivity contribution in [1.29, 1.82) is 0 Å². The number of anilines is 1. The molecule has 0 radical (unpaired) electrons. The third-order valence-corrected chi connectivity index (χ3v) is 3.41. The number of hydrogen-bond donors (Lipinski definition) is 0. The van der Waals surface area contributed by atoms with E-state index >= 15 is 0 Å². The molecule has 0 unspecified atom stereocenters. The molecule has 4 rings (SSSR count). The summed E-state index contributed by atoms with van der Waals surface area (Å²) >= 11 is 0. The Kier molecular flexibility index (Phi) is 2.28. The molecule has 0 bridgehead atoms. The van der Waals surface area contributed by atoms with Gasteiger partial charge in [-0.1, -0.05) is 24.3 Å².